The van der Waals surface area contributed by atoms with Gasteiger partial charge in [-0.3, -0.25) is 9.59 Å². The molecule has 0 amide bonds. The van der Waals surface area contributed by atoms with Gasteiger partial charge in [0.15, 0.2) is 5.78 Å². The van der Waals surface area contributed by atoms with Crippen LogP contribution in [0.4, 0.5) is 4.39 Å². The first-order chi connectivity index (χ1) is 7.60. The molecule has 3 nitrogen and oxygen atoms in total. The highest BCUT2D eigenvalue weighted by atomic mass is 19.1. The van der Waals surface area contributed by atoms with Gasteiger partial charge < -0.3 is 0 Å². The van der Waals surface area contributed by atoms with Crippen LogP contribution in [-0.4, -0.2) is 17.7 Å². The van der Waals surface area contributed by atoms with E-state index in [1.807, 2.05) is 6.07 Å². The topological polar surface area (TPSA) is 57.9 Å². The van der Waals surface area contributed by atoms with Gasteiger partial charge >= 0.3 is 0 Å². The monoisotopic (exact) mass is 219 g/mol. The third kappa shape index (κ3) is 2.51. The van der Waals surface area contributed by atoms with E-state index in [0.717, 1.165) is 0 Å². The maximum Gasteiger partial charge on any atom is 0.220 e. The van der Waals surface area contributed by atoms with Crippen LogP contribution in [0.3, 0.4) is 0 Å². The number of benzene rings is 1. The van der Waals surface area contributed by atoms with E-state index in [0.29, 0.717) is 0 Å². The van der Waals surface area contributed by atoms with Crippen LogP contribution in [-0.2, 0) is 4.79 Å². The van der Waals surface area contributed by atoms with E-state index < -0.39 is 17.7 Å². The molecule has 1 rings (SSSR count). The first-order valence-corrected chi connectivity index (χ1v) is 4.81. The molecule has 82 valence electrons. The molecule has 1 atom stereocenters. The van der Waals surface area contributed by atoms with Crippen molar-refractivity contribution in [1.82, 2.24) is 0 Å². The van der Waals surface area contributed by atoms with Crippen molar-refractivity contribution in [3.63, 3.8) is 0 Å². The molecule has 0 saturated heterocycles. The number of carbonyl (C=O) groups excluding carboxylic acids is 2. The number of alkyl halides is 1. The van der Waals surface area contributed by atoms with Gasteiger partial charge in [0.2, 0.25) is 12.0 Å². The molecule has 1 unspecified atom stereocenters. The maximum absolute atomic E-state index is 13.3. The number of nitriles is 1. The summed E-state index contributed by atoms with van der Waals surface area (Å²) in [5.41, 5.74) is 0.315. The van der Waals surface area contributed by atoms with E-state index in [1.54, 1.807) is 0 Å². The fraction of sp³-hybridized carbons (Fsp3) is 0.250. The van der Waals surface area contributed by atoms with Crippen molar-refractivity contribution in [2.45, 2.75) is 19.5 Å². The van der Waals surface area contributed by atoms with Gasteiger partial charge in [-0.05, 0) is 12.1 Å². The van der Waals surface area contributed by atoms with Gasteiger partial charge in [-0.25, -0.2) is 4.39 Å². The summed E-state index contributed by atoms with van der Waals surface area (Å²) in [6.45, 7) is 1.49. The van der Waals surface area contributed by atoms with E-state index in [-0.39, 0.29) is 17.5 Å². The zero-order valence-electron chi connectivity index (χ0n) is 8.74. The number of carbonyl (C=O) groups is 2. The van der Waals surface area contributed by atoms with Crippen LogP contribution in [0, 0.1) is 11.3 Å². The van der Waals surface area contributed by atoms with Crippen LogP contribution in [0.2, 0.25) is 0 Å². The first kappa shape index (κ1) is 12.1. The van der Waals surface area contributed by atoms with Crippen LogP contribution in [0.1, 0.15) is 29.3 Å². The lowest BCUT2D eigenvalue weighted by atomic mass is 10.0. The van der Waals surface area contributed by atoms with Gasteiger partial charge in [0.05, 0.1) is 11.6 Å². The van der Waals surface area contributed by atoms with E-state index in [1.165, 1.54) is 31.2 Å². The molecular weight excluding hydrogens is 209 g/mol. The van der Waals surface area contributed by atoms with Gasteiger partial charge in [-0.1, -0.05) is 19.1 Å². The lowest BCUT2D eigenvalue weighted by Crippen LogP contribution is -2.25. The lowest BCUT2D eigenvalue weighted by molar-refractivity contribution is -0.121. The van der Waals surface area contributed by atoms with Crippen molar-refractivity contribution in [2.75, 3.05) is 0 Å². The van der Waals surface area contributed by atoms with Gasteiger partial charge in [0.1, 0.15) is 0 Å². The molecule has 0 aromatic heterocycles. The summed E-state index contributed by atoms with van der Waals surface area (Å²) >= 11 is 0. The maximum atomic E-state index is 13.3. The molecule has 0 saturated carbocycles. The lowest BCUT2D eigenvalue weighted by Gasteiger charge is -2.04. The largest absolute Gasteiger partial charge is 0.296 e. The second kappa shape index (κ2) is 5.17. The molecule has 0 fully saturated rings. The summed E-state index contributed by atoms with van der Waals surface area (Å²) in [5, 5.41) is 8.62. The quantitative estimate of drug-likeness (QED) is 0.575. The fourth-order valence-electron chi connectivity index (χ4n) is 1.21. The summed E-state index contributed by atoms with van der Waals surface area (Å²) in [7, 11) is 0. The van der Waals surface area contributed by atoms with Crippen molar-refractivity contribution in [3.8, 4) is 6.07 Å². The number of halogens is 1. The number of nitrogens with zero attached hydrogens (tertiary/aromatic N) is 1. The molecule has 0 bridgehead atoms. The molecule has 0 N–H and O–H groups in total. The smallest absolute Gasteiger partial charge is 0.220 e. The second-order valence-corrected chi connectivity index (χ2v) is 3.24. The molecule has 4 heteroatoms. The fourth-order valence-corrected chi connectivity index (χ4v) is 1.21. The Labute approximate surface area is 92.5 Å². The molecular formula is C12H10FNO2. The third-order valence-electron chi connectivity index (χ3n) is 2.14. The SMILES string of the molecule is CCC(=O)C(F)C(=O)c1cccc(C#N)c1. The third-order valence-corrected chi connectivity index (χ3v) is 2.14. The van der Waals surface area contributed by atoms with E-state index in [9.17, 15) is 14.0 Å². The highest BCUT2D eigenvalue weighted by Gasteiger charge is 2.25. The summed E-state index contributed by atoms with van der Waals surface area (Å²) < 4.78 is 13.3. The zero-order valence-corrected chi connectivity index (χ0v) is 8.74. The van der Waals surface area contributed by atoms with Crippen LogP contribution < -0.4 is 0 Å². The Morgan fingerprint density at radius 1 is 1.50 bits per heavy atom. The summed E-state index contributed by atoms with van der Waals surface area (Å²) in [6.07, 6.45) is -2.15. The summed E-state index contributed by atoms with van der Waals surface area (Å²) in [5.74, 6) is -1.63. The van der Waals surface area contributed by atoms with Gasteiger partial charge in [0.25, 0.3) is 0 Å². The van der Waals surface area contributed by atoms with Crippen molar-refractivity contribution < 1.29 is 14.0 Å². The van der Waals surface area contributed by atoms with Crippen molar-refractivity contribution in [3.05, 3.63) is 35.4 Å². The van der Waals surface area contributed by atoms with Crippen LogP contribution in [0.15, 0.2) is 24.3 Å². The molecule has 0 aliphatic carbocycles. The minimum Gasteiger partial charge on any atom is -0.296 e. The Morgan fingerprint density at radius 3 is 2.75 bits per heavy atom. The van der Waals surface area contributed by atoms with Gasteiger partial charge in [0, 0.05) is 12.0 Å². The van der Waals surface area contributed by atoms with Gasteiger partial charge in [-0.15, -0.1) is 0 Å². The Kier molecular flexibility index (Phi) is 3.90. The molecule has 0 spiro atoms. The zero-order chi connectivity index (χ0) is 12.1. The number of rotatable bonds is 4. The molecule has 0 aliphatic rings. The van der Waals surface area contributed by atoms with E-state index >= 15 is 0 Å². The van der Waals surface area contributed by atoms with Crippen LogP contribution >= 0.6 is 0 Å². The minimum atomic E-state index is -2.13. The Morgan fingerprint density at radius 2 is 2.19 bits per heavy atom. The molecule has 16 heavy (non-hydrogen) atoms. The number of Topliss-reactive ketones (excluding diaryl/α,β-unsaturated/α-hetero) is 2. The standard InChI is InChI=1S/C12H10FNO2/c1-2-10(15)11(13)12(16)9-5-3-4-8(6-9)7-14/h3-6,11H,2H2,1H3. The van der Waals surface area contributed by atoms with Crippen molar-refractivity contribution in [1.29, 1.82) is 5.26 Å². The minimum absolute atomic E-state index is 0.0230. The summed E-state index contributed by atoms with van der Waals surface area (Å²) in [6, 6.07) is 7.49. The Hall–Kier alpha value is -2.02. The molecule has 1 aromatic rings. The average Bonchev–Trinajstić information content (AvgIpc) is 2.36. The number of ketones is 2. The highest BCUT2D eigenvalue weighted by molar-refractivity contribution is 6.13. The first-order valence-electron chi connectivity index (χ1n) is 4.81. The Bertz CT molecular complexity index is 462. The average molecular weight is 219 g/mol. The summed E-state index contributed by atoms with van der Waals surface area (Å²) in [4.78, 5) is 22.5. The van der Waals surface area contributed by atoms with E-state index in [4.69, 9.17) is 5.26 Å². The van der Waals surface area contributed by atoms with Crippen molar-refractivity contribution in [2.24, 2.45) is 0 Å². The number of hydrogen-bond acceptors (Lipinski definition) is 3. The predicted octanol–water partition coefficient (Wildman–Crippen LogP) is 2.06. The molecule has 0 radical (unpaired) electrons. The van der Waals surface area contributed by atoms with Crippen LogP contribution in [0.5, 0.6) is 0 Å². The Balaban J connectivity index is 2.97. The normalized spacial score (nSPS) is 11.6. The highest BCUT2D eigenvalue weighted by Crippen LogP contribution is 2.10. The molecule has 0 aliphatic heterocycles. The van der Waals surface area contributed by atoms with Gasteiger partial charge in [-0.2, -0.15) is 5.26 Å². The predicted molar refractivity (Wildman–Crippen MR) is 55.7 cm³/mol. The second-order valence-electron chi connectivity index (χ2n) is 3.24. The molecule has 0 heterocycles. The van der Waals surface area contributed by atoms with E-state index in [2.05, 4.69) is 0 Å². The number of hydrogen-bond donors (Lipinski definition) is 0. The van der Waals surface area contributed by atoms with Crippen LogP contribution in [0.25, 0.3) is 0 Å². The molecule has 1 aromatic carbocycles. The van der Waals surface area contributed by atoms with Crippen molar-refractivity contribution >= 4 is 11.6 Å².